The first-order chi connectivity index (χ1) is 3.91. The summed E-state index contributed by atoms with van der Waals surface area (Å²) in [5.41, 5.74) is 5.10. The molecule has 0 aromatic carbocycles. The van der Waals surface area contributed by atoms with Gasteiger partial charge in [-0.05, 0) is 14.1 Å². The minimum absolute atomic E-state index is 1.74. The number of nitrogens with one attached hydrogen (secondary N) is 4. The van der Waals surface area contributed by atoms with Crippen molar-refractivity contribution in [2.45, 2.75) is 0 Å². The molecule has 0 unspecified atom stereocenters. The second-order valence-electron chi connectivity index (χ2n) is 1.00. The summed E-state index contributed by atoms with van der Waals surface area (Å²) in [6, 6.07) is 0. The number of hydrazine groups is 1. The predicted molar refractivity (Wildman–Crippen MR) is 30.9 cm³/mol. The summed E-state index contributed by atoms with van der Waals surface area (Å²) in [6.45, 7) is 5.14. The maximum absolute atomic E-state index is 2.64. The topological polar surface area (TPSA) is 48.1 Å². The Bertz CT molecular complexity index is 33.0. The standard InChI is InChI=1S/C4H10N4/c1-5-3-7-8-4-6-2/h5-8H,1-2H3. The van der Waals surface area contributed by atoms with Gasteiger partial charge in [-0.3, -0.25) is 10.6 Å². The molecule has 0 aliphatic carbocycles. The van der Waals surface area contributed by atoms with Crippen molar-refractivity contribution in [2.24, 2.45) is 0 Å². The highest BCUT2D eigenvalue weighted by Gasteiger charge is 1.79. The van der Waals surface area contributed by atoms with E-state index in [0.29, 0.717) is 0 Å². The Balaban J connectivity index is 2.53. The Labute approximate surface area is 50.0 Å². The Kier molecular flexibility index (Phi) is 6.70. The van der Waals surface area contributed by atoms with Gasteiger partial charge in [0.15, 0.2) is 13.3 Å². The van der Waals surface area contributed by atoms with Crippen molar-refractivity contribution in [1.82, 2.24) is 21.5 Å². The van der Waals surface area contributed by atoms with Gasteiger partial charge in [0.1, 0.15) is 0 Å². The summed E-state index contributed by atoms with van der Waals surface area (Å²) in [5.74, 6) is 0. The lowest BCUT2D eigenvalue weighted by atomic mass is 11.0. The van der Waals surface area contributed by atoms with Crippen LogP contribution in [0, 0.1) is 13.3 Å². The third kappa shape index (κ3) is 5.84. The molecule has 0 saturated carbocycles. The van der Waals surface area contributed by atoms with E-state index in [-0.39, 0.29) is 0 Å². The Morgan fingerprint density at radius 2 is 1.25 bits per heavy atom. The fraction of sp³-hybridized carbons (Fsp3) is 0.500. The zero-order valence-corrected chi connectivity index (χ0v) is 5.00. The van der Waals surface area contributed by atoms with Gasteiger partial charge in [-0.1, -0.05) is 0 Å². The molecule has 0 bridgehead atoms. The molecular weight excluding hydrogens is 104 g/mol. The molecule has 0 rings (SSSR count). The molecule has 46 valence electrons. The normalized spacial score (nSPS) is 9.75. The van der Waals surface area contributed by atoms with Gasteiger partial charge in [-0.25, -0.2) is 10.9 Å². The van der Waals surface area contributed by atoms with E-state index in [2.05, 4.69) is 34.8 Å². The van der Waals surface area contributed by atoms with Gasteiger partial charge in [0, 0.05) is 0 Å². The van der Waals surface area contributed by atoms with Crippen LogP contribution in [0.15, 0.2) is 0 Å². The first-order valence-electron chi connectivity index (χ1n) is 2.25. The van der Waals surface area contributed by atoms with Crippen LogP contribution in [-0.2, 0) is 0 Å². The lowest BCUT2D eigenvalue weighted by molar-refractivity contribution is 0.600. The lowest BCUT2D eigenvalue weighted by Gasteiger charge is -1.99. The average molecular weight is 114 g/mol. The third-order valence-corrected chi connectivity index (χ3v) is 0.438. The molecule has 8 heavy (non-hydrogen) atoms. The molecule has 0 saturated heterocycles. The second kappa shape index (κ2) is 6.84. The van der Waals surface area contributed by atoms with Gasteiger partial charge in [0.05, 0.1) is 0 Å². The van der Waals surface area contributed by atoms with Crippen molar-refractivity contribution < 1.29 is 0 Å². The van der Waals surface area contributed by atoms with E-state index in [0.717, 1.165) is 0 Å². The molecule has 0 spiro atoms. The molecule has 0 amide bonds. The van der Waals surface area contributed by atoms with E-state index in [1.54, 1.807) is 14.1 Å². The number of rotatable bonds is 5. The summed E-state index contributed by atoms with van der Waals surface area (Å²) in [6.07, 6.45) is 0. The predicted octanol–water partition coefficient (Wildman–Crippen LogP) is -1.49. The van der Waals surface area contributed by atoms with Gasteiger partial charge in [-0.2, -0.15) is 0 Å². The summed E-state index contributed by atoms with van der Waals surface area (Å²) in [4.78, 5) is 0. The quantitative estimate of drug-likeness (QED) is 0.200. The zero-order valence-electron chi connectivity index (χ0n) is 5.00. The van der Waals surface area contributed by atoms with Crippen molar-refractivity contribution in [2.75, 3.05) is 14.1 Å². The van der Waals surface area contributed by atoms with Gasteiger partial charge in [-0.15, -0.1) is 0 Å². The van der Waals surface area contributed by atoms with E-state index < -0.39 is 0 Å². The van der Waals surface area contributed by atoms with Crippen LogP contribution in [-0.4, -0.2) is 14.1 Å². The highest BCUT2D eigenvalue weighted by molar-refractivity contribution is 4.54. The summed E-state index contributed by atoms with van der Waals surface area (Å²) >= 11 is 0. The summed E-state index contributed by atoms with van der Waals surface area (Å²) in [5, 5.41) is 5.27. The first kappa shape index (κ1) is 7.84. The van der Waals surface area contributed by atoms with Crippen molar-refractivity contribution in [3.63, 3.8) is 0 Å². The number of hydrogen-bond donors (Lipinski definition) is 4. The maximum atomic E-state index is 2.64. The molecule has 0 aromatic rings. The average Bonchev–Trinajstić information content (AvgIpc) is 1.81. The SMILES string of the molecule is CN[C]NN[C]NC. The van der Waals surface area contributed by atoms with Crippen molar-refractivity contribution >= 4 is 0 Å². The van der Waals surface area contributed by atoms with Crippen LogP contribution >= 0.6 is 0 Å². The Morgan fingerprint density at radius 3 is 1.50 bits per heavy atom. The highest BCUT2D eigenvalue weighted by Crippen LogP contribution is 1.52. The zero-order chi connectivity index (χ0) is 6.24. The molecule has 0 aliphatic heterocycles. The monoisotopic (exact) mass is 114 g/mol. The minimum Gasteiger partial charge on any atom is -0.296 e. The molecular formula is C4H10N4. The molecule has 0 aromatic heterocycles. The van der Waals surface area contributed by atoms with E-state index >= 15 is 0 Å². The van der Waals surface area contributed by atoms with E-state index in [9.17, 15) is 0 Å². The van der Waals surface area contributed by atoms with Crippen molar-refractivity contribution in [3.8, 4) is 0 Å². The largest absolute Gasteiger partial charge is 0.296 e. The molecule has 0 aliphatic rings. The van der Waals surface area contributed by atoms with Crippen LogP contribution in [0.1, 0.15) is 0 Å². The molecule has 0 heterocycles. The molecule has 4 N–H and O–H groups in total. The molecule has 0 atom stereocenters. The summed E-state index contributed by atoms with van der Waals surface area (Å²) < 4.78 is 0. The fourth-order valence-corrected chi connectivity index (χ4v) is 0.188. The van der Waals surface area contributed by atoms with Gasteiger partial charge in [0.2, 0.25) is 0 Å². The van der Waals surface area contributed by atoms with Gasteiger partial charge < -0.3 is 0 Å². The first-order valence-corrected chi connectivity index (χ1v) is 2.25. The Morgan fingerprint density at radius 1 is 0.875 bits per heavy atom. The van der Waals surface area contributed by atoms with Crippen molar-refractivity contribution in [1.29, 1.82) is 0 Å². The minimum atomic E-state index is 1.74. The second-order valence-corrected chi connectivity index (χ2v) is 1.00. The van der Waals surface area contributed by atoms with Crippen LogP contribution in [0.2, 0.25) is 0 Å². The number of hydrogen-bond acceptors (Lipinski definition) is 4. The maximum Gasteiger partial charge on any atom is 0.155 e. The van der Waals surface area contributed by atoms with E-state index in [1.165, 1.54) is 0 Å². The molecule has 0 fully saturated rings. The lowest BCUT2D eigenvalue weighted by Crippen LogP contribution is -2.34. The highest BCUT2D eigenvalue weighted by atomic mass is 15.4. The van der Waals surface area contributed by atoms with Crippen LogP contribution in [0.4, 0.5) is 0 Å². The molecule has 4 nitrogen and oxygen atoms in total. The Hall–Kier alpha value is -0.160. The fourth-order valence-electron chi connectivity index (χ4n) is 0.188. The van der Waals surface area contributed by atoms with Crippen LogP contribution in [0.25, 0.3) is 0 Å². The molecule has 4 heteroatoms. The third-order valence-electron chi connectivity index (χ3n) is 0.438. The van der Waals surface area contributed by atoms with E-state index in [1.807, 2.05) is 0 Å². The van der Waals surface area contributed by atoms with Gasteiger partial charge in [0.25, 0.3) is 0 Å². The summed E-state index contributed by atoms with van der Waals surface area (Å²) in [7, 11) is 3.49. The smallest absolute Gasteiger partial charge is 0.155 e. The van der Waals surface area contributed by atoms with E-state index in [4.69, 9.17) is 0 Å². The van der Waals surface area contributed by atoms with Crippen LogP contribution in [0.3, 0.4) is 0 Å². The van der Waals surface area contributed by atoms with Crippen LogP contribution in [0.5, 0.6) is 0 Å². The van der Waals surface area contributed by atoms with Crippen molar-refractivity contribution in [3.05, 3.63) is 13.3 Å². The molecule has 4 radical (unpaired) electrons. The van der Waals surface area contributed by atoms with Gasteiger partial charge >= 0.3 is 0 Å². The van der Waals surface area contributed by atoms with Crippen LogP contribution < -0.4 is 21.5 Å².